The smallest absolute Gasteiger partial charge is 0.246 e. The molecule has 3 heterocycles. The van der Waals surface area contributed by atoms with Crippen LogP contribution in [0, 0.1) is 11.8 Å². The molecule has 0 spiro atoms. The third kappa shape index (κ3) is 5.78. The van der Waals surface area contributed by atoms with Gasteiger partial charge in [-0.3, -0.25) is 14.4 Å². The molecular weight excluding hydrogens is 402 g/mol. The number of carbonyl (C=O) groups excluding carboxylic acids is 3. The van der Waals surface area contributed by atoms with Crippen LogP contribution in [0.3, 0.4) is 0 Å². The summed E-state index contributed by atoms with van der Waals surface area (Å²) in [5.74, 6) is 1.11. The van der Waals surface area contributed by atoms with Crippen molar-refractivity contribution in [3.8, 4) is 0 Å². The second-order valence-electron chi connectivity index (χ2n) is 9.41. The van der Waals surface area contributed by atoms with Crippen molar-refractivity contribution in [2.75, 3.05) is 39.3 Å². The highest BCUT2D eigenvalue weighted by Crippen LogP contribution is 2.25. The topological polar surface area (TPSA) is 60.9 Å². The van der Waals surface area contributed by atoms with E-state index in [2.05, 4.69) is 0 Å². The third-order valence-electron chi connectivity index (χ3n) is 7.20. The van der Waals surface area contributed by atoms with Crippen molar-refractivity contribution in [2.24, 2.45) is 11.8 Å². The van der Waals surface area contributed by atoms with E-state index in [1.807, 2.05) is 51.1 Å². The summed E-state index contributed by atoms with van der Waals surface area (Å²) in [6, 6.07) is 9.82. The van der Waals surface area contributed by atoms with Gasteiger partial charge in [0.05, 0.1) is 0 Å². The van der Waals surface area contributed by atoms with Gasteiger partial charge in [0, 0.05) is 57.7 Å². The maximum atomic E-state index is 13.0. The predicted molar refractivity (Wildman–Crippen MR) is 125 cm³/mol. The maximum Gasteiger partial charge on any atom is 0.246 e. The molecule has 0 unspecified atom stereocenters. The van der Waals surface area contributed by atoms with Gasteiger partial charge in [0.25, 0.3) is 0 Å². The molecule has 3 aliphatic rings. The van der Waals surface area contributed by atoms with E-state index < -0.39 is 0 Å². The highest BCUT2D eigenvalue weighted by Gasteiger charge is 2.32. The molecule has 0 radical (unpaired) electrons. The number of likely N-dealkylation sites (tertiary alicyclic amines) is 3. The average molecular weight is 438 g/mol. The summed E-state index contributed by atoms with van der Waals surface area (Å²) in [7, 11) is 0. The predicted octanol–water partition coefficient (Wildman–Crippen LogP) is 3.19. The van der Waals surface area contributed by atoms with Gasteiger partial charge in [0.2, 0.25) is 17.7 Å². The van der Waals surface area contributed by atoms with Crippen molar-refractivity contribution in [1.82, 2.24) is 14.7 Å². The lowest BCUT2D eigenvalue weighted by atomic mass is 9.91. The van der Waals surface area contributed by atoms with E-state index in [-0.39, 0.29) is 17.7 Å². The number of hydrogen-bond donors (Lipinski definition) is 0. The Hall–Kier alpha value is -2.63. The van der Waals surface area contributed by atoms with Gasteiger partial charge in [0.1, 0.15) is 0 Å². The molecule has 0 atom stereocenters. The zero-order valence-corrected chi connectivity index (χ0v) is 19.0. The van der Waals surface area contributed by atoms with Crippen molar-refractivity contribution in [1.29, 1.82) is 0 Å². The van der Waals surface area contributed by atoms with Gasteiger partial charge in [-0.15, -0.1) is 0 Å². The van der Waals surface area contributed by atoms with Crippen LogP contribution in [0.2, 0.25) is 0 Å². The molecule has 0 saturated carbocycles. The van der Waals surface area contributed by atoms with E-state index in [0.29, 0.717) is 31.3 Å². The molecule has 0 aromatic heterocycles. The first-order valence-corrected chi connectivity index (χ1v) is 12.2. The van der Waals surface area contributed by atoms with Crippen molar-refractivity contribution < 1.29 is 14.4 Å². The minimum Gasteiger partial charge on any atom is -0.342 e. The molecule has 172 valence electrons. The second kappa shape index (κ2) is 10.8. The summed E-state index contributed by atoms with van der Waals surface area (Å²) >= 11 is 0. The number of amides is 3. The quantitative estimate of drug-likeness (QED) is 0.665. The first-order valence-electron chi connectivity index (χ1n) is 12.2. The summed E-state index contributed by atoms with van der Waals surface area (Å²) in [6.07, 6.45) is 9.77. The second-order valence-corrected chi connectivity index (χ2v) is 9.41. The Kier molecular flexibility index (Phi) is 7.61. The van der Waals surface area contributed by atoms with Gasteiger partial charge in [-0.2, -0.15) is 0 Å². The van der Waals surface area contributed by atoms with Crippen LogP contribution in [0.15, 0.2) is 36.4 Å². The van der Waals surface area contributed by atoms with E-state index in [1.54, 1.807) is 6.08 Å². The van der Waals surface area contributed by atoms with Crippen molar-refractivity contribution in [3.63, 3.8) is 0 Å². The molecule has 3 saturated heterocycles. The normalized spacial score (nSPS) is 21.4. The Balaban J connectivity index is 1.19. The lowest BCUT2D eigenvalue weighted by molar-refractivity contribution is -0.141. The van der Waals surface area contributed by atoms with Crippen molar-refractivity contribution in [3.05, 3.63) is 42.0 Å². The van der Waals surface area contributed by atoms with Crippen LogP contribution in [0.25, 0.3) is 6.08 Å². The van der Waals surface area contributed by atoms with Crippen LogP contribution in [0.4, 0.5) is 0 Å². The van der Waals surface area contributed by atoms with Gasteiger partial charge >= 0.3 is 0 Å². The van der Waals surface area contributed by atoms with Gasteiger partial charge in [0.15, 0.2) is 0 Å². The molecule has 1 aromatic rings. The van der Waals surface area contributed by atoms with E-state index in [4.69, 9.17) is 0 Å². The minimum absolute atomic E-state index is 0.0211. The fraction of sp³-hybridized carbons (Fsp3) is 0.577. The number of benzene rings is 1. The minimum atomic E-state index is 0.0211. The van der Waals surface area contributed by atoms with Crippen molar-refractivity contribution >= 4 is 23.8 Å². The molecule has 6 nitrogen and oxygen atoms in total. The number of carbonyl (C=O) groups is 3. The molecular formula is C26H35N3O3. The van der Waals surface area contributed by atoms with E-state index in [1.165, 1.54) is 0 Å². The van der Waals surface area contributed by atoms with Gasteiger partial charge < -0.3 is 14.7 Å². The van der Waals surface area contributed by atoms with Gasteiger partial charge in [-0.05, 0) is 56.1 Å². The highest BCUT2D eigenvalue weighted by molar-refractivity contribution is 5.92. The fourth-order valence-electron chi connectivity index (χ4n) is 5.14. The number of hydrogen-bond acceptors (Lipinski definition) is 3. The lowest BCUT2D eigenvalue weighted by Crippen LogP contribution is -2.48. The van der Waals surface area contributed by atoms with Crippen LogP contribution in [-0.4, -0.2) is 71.7 Å². The van der Waals surface area contributed by atoms with E-state index >= 15 is 0 Å². The Labute approximate surface area is 191 Å². The lowest BCUT2D eigenvalue weighted by Gasteiger charge is -2.38. The average Bonchev–Trinajstić information content (AvgIpc) is 2.85. The summed E-state index contributed by atoms with van der Waals surface area (Å²) < 4.78 is 0. The summed E-state index contributed by atoms with van der Waals surface area (Å²) in [4.78, 5) is 43.5. The summed E-state index contributed by atoms with van der Waals surface area (Å²) in [6.45, 7) is 4.63. The van der Waals surface area contributed by atoms with E-state index in [9.17, 15) is 14.4 Å². The Morgan fingerprint density at radius 3 is 2.25 bits per heavy atom. The van der Waals surface area contributed by atoms with E-state index in [0.717, 1.165) is 70.3 Å². The summed E-state index contributed by atoms with van der Waals surface area (Å²) in [5.41, 5.74) is 1.01. The largest absolute Gasteiger partial charge is 0.342 e. The third-order valence-corrected chi connectivity index (χ3v) is 7.20. The zero-order valence-electron chi connectivity index (χ0n) is 19.0. The molecule has 3 amide bonds. The van der Waals surface area contributed by atoms with Crippen LogP contribution < -0.4 is 0 Å². The standard InChI is InChI=1S/C26H35N3O3/c30-24-8-4-5-15-29(24)20-22-11-16-28(17-12-22)26(32)23-13-18-27(19-14-23)25(31)10-9-21-6-2-1-3-7-21/h1-3,6-7,9-10,22-23H,4-5,8,11-20H2/b10-9+. The number of nitrogens with zero attached hydrogens (tertiary/aromatic N) is 3. The molecule has 6 heteroatoms. The van der Waals surface area contributed by atoms with Gasteiger partial charge in [-0.1, -0.05) is 30.3 Å². The Bertz CT molecular complexity index is 822. The Morgan fingerprint density at radius 2 is 1.56 bits per heavy atom. The molecule has 3 aliphatic heterocycles. The molecule has 0 aliphatic carbocycles. The molecule has 4 rings (SSSR count). The molecule has 1 aromatic carbocycles. The number of piperidine rings is 3. The van der Waals surface area contributed by atoms with Gasteiger partial charge in [-0.25, -0.2) is 0 Å². The SMILES string of the molecule is O=C(/C=C/c1ccccc1)N1CCC(C(=O)N2CCC(CN3CCCCC3=O)CC2)CC1. The first kappa shape index (κ1) is 22.6. The highest BCUT2D eigenvalue weighted by atomic mass is 16.2. The molecule has 32 heavy (non-hydrogen) atoms. The molecule has 3 fully saturated rings. The van der Waals surface area contributed by atoms with Crippen LogP contribution >= 0.6 is 0 Å². The van der Waals surface area contributed by atoms with Crippen molar-refractivity contribution in [2.45, 2.75) is 44.9 Å². The van der Waals surface area contributed by atoms with Crippen LogP contribution in [-0.2, 0) is 14.4 Å². The molecule has 0 bridgehead atoms. The van der Waals surface area contributed by atoms with Crippen LogP contribution in [0.1, 0.15) is 50.5 Å². The first-order chi connectivity index (χ1) is 15.6. The number of rotatable bonds is 5. The monoisotopic (exact) mass is 437 g/mol. The fourth-order valence-corrected chi connectivity index (χ4v) is 5.14. The maximum absolute atomic E-state index is 13.0. The van der Waals surface area contributed by atoms with Crippen LogP contribution in [0.5, 0.6) is 0 Å². The molecule has 0 N–H and O–H groups in total. The summed E-state index contributed by atoms with van der Waals surface area (Å²) in [5, 5.41) is 0. The Morgan fingerprint density at radius 1 is 0.875 bits per heavy atom. The zero-order chi connectivity index (χ0) is 22.3.